The van der Waals surface area contributed by atoms with Gasteiger partial charge in [0.2, 0.25) is 0 Å². The number of hydrogen-bond donors (Lipinski definition) is 0. The molecule has 0 amide bonds. The average Bonchev–Trinajstić information content (AvgIpc) is 2.85. The van der Waals surface area contributed by atoms with Gasteiger partial charge in [0.15, 0.2) is 0 Å². The summed E-state index contributed by atoms with van der Waals surface area (Å²) in [4.78, 5) is 0. The van der Waals surface area contributed by atoms with E-state index >= 15 is 0 Å². The first-order valence-corrected chi connectivity index (χ1v) is 26.9. The van der Waals surface area contributed by atoms with Gasteiger partial charge in [-0.3, -0.25) is 0 Å². The van der Waals surface area contributed by atoms with Gasteiger partial charge in [-0.15, -0.1) is 0 Å². The fraction of sp³-hybridized carbons (Fsp3) is 0. The van der Waals surface area contributed by atoms with E-state index in [0.29, 0.717) is 27.9 Å². The van der Waals surface area contributed by atoms with Crippen LogP contribution in [0.5, 0.6) is 0 Å². The van der Waals surface area contributed by atoms with Crippen LogP contribution in [0.2, 0.25) is 0 Å². The van der Waals surface area contributed by atoms with Crippen molar-refractivity contribution in [3.05, 3.63) is 278 Å². The second-order valence-electron chi connectivity index (χ2n) is 20.3. The third-order valence-corrected chi connectivity index (χ3v) is 16.0. The molecule has 0 saturated heterocycles. The molecule has 0 aliphatic rings. The summed E-state index contributed by atoms with van der Waals surface area (Å²) < 4.78 is 12.9. The third kappa shape index (κ3) is 7.11. The van der Waals surface area contributed by atoms with Gasteiger partial charge >= 0.3 is 0 Å². The summed E-state index contributed by atoms with van der Waals surface area (Å²) in [6.45, 7) is 0. The lowest BCUT2D eigenvalue weighted by atomic mass is 9.79. The van der Waals surface area contributed by atoms with Crippen LogP contribution in [0.4, 0.5) is 0 Å². The first-order valence-electron chi connectivity index (χ1n) is 26.9. The van der Waals surface area contributed by atoms with Crippen LogP contribution in [0.15, 0.2) is 265 Å². The Morgan fingerprint density at radius 3 is 0.963 bits per heavy atom. The van der Waals surface area contributed by atoms with E-state index in [4.69, 9.17) is 4.42 Å². The predicted molar refractivity (Wildman–Crippen MR) is 329 cm³/mol. The maximum Gasteiger partial charge on any atom is 0.146 e. The molecule has 15 aromatic rings. The van der Waals surface area contributed by atoms with Crippen molar-refractivity contribution in [2.24, 2.45) is 0 Å². The zero-order valence-electron chi connectivity index (χ0n) is 43.5. The summed E-state index contributed by atoms with van der Waals surface area (Å²) in [5, 5.41) is 39.7. The van der Waals surface area contributed by atoms with Crippen molar-refractivity contribution in [2.45, 2.75) is 0 Å². The smallest absolute Gasteiger partial charge is 0.146 e. The summed E-state index contributed by atoms with van der Waals surface area (Å²) in [7, 11) is 0. The summed E-state index contributed by atoms with van der Waals surface area (Å²) >= 11 is 0. The molecule has 3 heterocycles. The molecule has 15 rings (SSSR count). The number of nitriles is 3. The van der Waals surface area contributed by atoms with E-state index < -0.39 is 0 Å². The molecule has 0 N–H and O–H groups in total. The zero-order valence-corrected chi connectivity index (χ0v) is 43.5. The number of para-hydroxylation sites is 4. The molecule has 0 fully saturated rings. The van der Waals surface area contributed by atoms with Crippen LogP contribution in [-0.4, -0.2) is 9.13 Å². The molecule has 0 atom stereocenters. The van der Waals surface area contributed by atoms with Gasteiger partial charge < -0.3 is 13.6 Å². The minimum Gasteiger partial charge on any atom is -0.455 e. The van der Waals surface area contributed by atoms with Gasteiger partial charge in [-0.25, -0.2) is 0 Å². The molecule has 0 bridgehead atoms. The van der Waals surface area contributed by atoms with Gasteiger partial charge in [-0.05, 0) is 69.8 Å². The van der Waals surface area contributed by atoms with E-state index in [0.717, 1.165) is 116 Å². The second-order valence-corrected chi connectivity index (χ2v) is 20.3. The molecule has 0 aliphatic heterocycles. The zero-order chi connectivity index (χ0) is 54.1. The highest BCUT2D eigenvalue weighted by Crippen LogP contribution is 2.59. The van der Waals surface area contributed by atoms with E-state index in [1.165, 1.54) is 0 Å². The van der Waals surface area contributed by atoms with E-state index in [-0.39, 0.29) is 16.7 Å². The average molecular weight is 1030 g/mol. The van der Waals surface area contributed by atoms with Crippen molar-refractivity contribution in [3.8, 4) is 96.3 Å². The van der Waals surface area contributed by atoms with Crippen LogP contribution >= 0.6 is 0 Å². The Balaban J connectivity index is 1.37. The molecular weight excluding hydrogens is 987 g/mol. The lowest BCUT2D eigenvalue weighted by Gasteiger charge is -2.26. The van der Waals surface area contributed by atoms with Gasteiger partial charge in [-0.2, -0.15) is 15.8 Å². The minimum atomic E-state index is 0.182. The van der Waals surface area contributed by atoms with Crippen molar-refractivity contribution in [1.82, 2.24) is 9.13 Å². The van der Waals surface area contributed by atoms with Crippen LogP contribution in [0.3, 0.4) is 0 Å². The van der Waals surface area contributed by atoms with E-state index in [1.54, 1.807) is 12.1 Å². The van der Waals surface area contributed by atoms with Crippen LogP contribution < -0.4 is 0 Å². The highest BCUT2D eigenvalue weighted by molar-refractivity contribution is 6.31. The SMILES string of the molecule is N#Cc1cc(C#N)c(-c2c(-n3c4ccccc4c4ccccc43)c(-n3c4ccccc4c4ccccc43)c3c(oc4c(-c5ccccc5)c(-c5ccccc5)c(-c5ccccc5)c(-c5ccccc5)c43)c2-c2ccccc2)c(C#N)c1. The molecule has 0 aliphatic carbocycles. The van der Waals surface area contributed by atoms with Crippen molar-refractivity contribution in [2.75, 3.05) is 0 Å². The summed E-state index contributed by atoms with van der Waals surface area (Å²) in [6, 6.07) is 97.3. The van der Waals surface area contributed by atoms with Crippen LogP contribution in [0, 0.1) is 34.0 Å². The molecule has 0 unspecified atom stereocenters. The van der Waals surface area contributed by atoms with Gasteiger partial charge in [0.25, 0.3) is 0 Å². The lowest BCUT2D eigenvalue weighted by Crippen LogP contribution is -2.09. The fourth-order valence-electron chi connectivity index (χ4n) is 12.8. The Bertz CT molecular complexity index is 5030. The topological polar surface area (TPSA) is 94.4 Å². The Hall–Kier alpha value is -11.5. The molecule has 6 heteroatoms. The maximum absolute atomic E-state index is 11.6. The van der Waals surface area contributed by atoms with Crippen LogP contribution in [0.1, 0.15) is 16.7 Å². The van der Waals surface area contributed by atoms with Crippen LogP contribution in [-0.2, 0) is 0 Å². The first kappa shape index (κ1) is 46.8. The predicted octanol–water partition coefficient (Wildman–Crippen LogP) is 19.4. The minimum absolute atomic E-state index is 0.182. The number of fused-ring (bicyclic) bond motifs is 9. The molecule has 6 nitrogen and oxygen atoms in total. The number of benzene rings is 12. The Morgan fingerprint density at radius 2 is 0.580 bits per heavy atom. The van der Waals surface area contributed by atoms with Crippen molar-refractivity contribution >= 4 is 65.6 Å². The number of nitrogens with zero attached hydrogens (tertiary/aromatic N) is 5. The third-order valence-electron chi connectivity index (χ3n) is 16.0. The van der Waals surface area contributed by atoms with Gasteiger partial charge in [0, 0.05) is 60.3 Å². The largest absolute Gasteiger partial charge is 0.455 e. The number of furan rings is 1. The highest BCUT2D eigenvalue weighted by Gasteiger charge is 2.37. The van der Waals surface area contributed by atoms with Crippen molar-refractivity contribution in [1.29, 1.82) is 15.8 Å². The van der Waals surface area contributed by atoms with Crippen LogP contribution in [0.25, 0.3) is 144 Å². The van der Waals surface area contributed by atoms with E-state index in [1.807, 2.05) is 24.3 Å². The molecular formula is C75H43N5O. The van der Waals surface area contributed by atoms with Gasteiger partial charge in [0.05, 0.1) is 73.7 Å². The summed E-state index contributed by atoms with van der Waals surface area (Å²) in [5.41, 5.74) is 17.4. The molecule has 0 spiro atoms. The Kier molecular flexibility index (Phi) is 10.9. The first-order chi connectivity index (χ1) is 40.1. The molecule has 0 radical (unpaired) electrons. The molecule has 0 saturated carbocycles. The monoisotopic (exact) mass is 1030 g/mol. The fourth-order valence-corrected chi connectivity index (χ4v) is 12.8. The standard InChI is InChI=1S/C75H43N5O/c76-44-47-42-53(45-77)63(54(43-47)46-78)69-68(52-32-14-5-15-33-52)75-71(73(80-61-40-22-18-36-57(61)58-37-19-23-41-62(58)80)72(69)79-59-38-20-16-34-55(59)56-35-17-21-39-60(56)79)70-66(50-28-10-3-11-29-50)64(48-24-6-1-7-25-48)65(49-26-8-2-9-27-49)67(74(70)81-75)51-30-12-4-13-31-51/h1-43H. The Labute approximate surface area is 466 Å². The van der Waals surface area contributed by atoms with E-state index in [9.17, 15) is 15.8 Å². The lowest BCUT2D eigenvalue weighted by molar-refractivity contribution is 0.671. The van der Waals surface area contributed by atoms with E-state index in [2.05, 4.69) is 252 Å². The molecule has 3 aromatic heterocycles. The normalized spacial score (nSPS) is 11.4. The second kappa shape index (κ2) is 18.9. The van der Waals surface area contributed by atoms with Crippen molar-refractivity contribution in [3.63, 3.8) is 0 Å². The quantitative estimate of drug-likeness (QED) is 0.151. The molecule has 374 valence electrons. The molecule has 81 heavy (non-hydrogen) atoms. The number of rotatable bonds is 8. The van der Waals surface area contributed by atoms with Gasteiger partial charge in [0.1, 0.15) is 11.2 Å². The maximum atomic E-state index is 11.6. The molecule has 12 aromatic carbocycles. The number of hydrogen-bond acceptors (Lipinski definition) is 4. The Morgan fingerprint density at radius 1 is 0.272 bits per heavy atom. The summed E-state index contributed by atoms with van der Waals surface area (Å²) in [5.74, 6) is 0. The van der Waals surface area contributed by atoms with Gasteiger partial charge in [-0.1, -0.05) is 224 Å². The number of aromatic nitrogens is 2. The summed E-state index contributed by atoms with van der Waals surface area (Å²) in [6.07, 6.45) is 0. The van der Waals surface area contributed by atoms with Crippen molar-refractivity contribution < 1.29 is 4.42 Å². The highest BCUT2D eigenvalue weighted by atomic mass is 16.3.